The topological polar surface area (TPSA) is 45.2 Å². The molecule has 1 aromatic carbocycles. The average Bonchev–Trinajstić information content (AvgIpc) is 2.53. The maximum absolute atomic E-state index is 12.1. The van der Waals surface area contributed by atoms with Gasteiger partial charge in [-0.05, 0) is 18.6 Å². The number of aryl methyl sites for hydroxylation is 1. The summed E-state index contributed by atoms with van der Waals surface area (Å²) in [5, 5.41) is 4.40. The first-order chi connectivity index (χ1) is 9.83. The van der Waals surface area contributed by atoms with Gasteiger partial charge in [-0.2, -0.15) is 0 Å². The lowest BCUT2D eigenvalue weighted by Crippen LogP contribution is -2.46. The molecule has 0 aliphatic carbocycles. The van der Waals surface area contributed by atoms with Crippen molar-refractivity contribution in [2.45, 2.75) is 12.8 Å². The molecule has 1 aliphatic heterocycles. The molecular weight excluding hydrogens is 250 g/mol. The zero-order chi connectivity index (χ0) is 13.8. The first-order valence-electron chi connectivity index (χ1n) is 7.16. The van der Waals surface area contributed by atoms with E-state index in [2.05, 4.69) is 22.4 Å². The minimum absolute atomic E-state index is 0.237. The second-order valence-electron chi connectivity index (χ2n) is 5.13. The molecular formula is C16H19N3O. The van der Waals surface area contributed by atoms with E-state index in [1.54, 1.807) is 0 Å². The van der Waals surface area contributed by atoms with E-state index in [1.807, 2.05) is 29.2 Å². The number of fused-ring (bicyclic) bond motifs is 1. The fourth-order valence-electron chi connectivity index (χ4n) is 2.55. The molecule has 0 bridgehead atoms. The molecule has 2 aromatic rings. The van der Waals surface area contributed by atoms with Crippen LogP contribution in [0.3, 0.4) is 0 Å². The van der Waals surface area contributed by atoms with Gasteiger partial charge in [0.25, 0.3) is 0 Å². The summed E-state index contributed by atoms with van der Waals surface area (Å²) in [4.78, 5) is 18.7. The van der Waals surface area contributed by atoms with E-state index in [1.165, 1.54) is 0 Å². The van der Waals surface area contributed by atoms with Crippen molar-refractivity contribution in [2.75, 3.05) is 26.2 Å². The smallest absolute Gasteiger partial charge is 0.223 e. The van der Waals surface area contributed by atoms with E-state index in [-0.39, 0.29) is 5.91 Å². The van der Waals surface area contributed by atoms with Gasteiger partial charge in [0.1, 0.15) is 0 Å². The first-order valence-corrected chi connectivity index (χ1v) is 7.16. The number of amides is 1. The highest BCUT2D eigenvalue weighted by molar-refractivity contribution is 5.79. The van der Waals surface area contributed by atoms with Crippen LogP contribution in [0.5, 0.6) is 0 Å². The number of benzene rings is 1. The van der Waals surface area contributed by atoms with Gasteiger partial charge in [0.2, 0.25) is 5.91 Å². The predicted molar refractivity (Wildman–Crippen MR) is 79.5 cm³/mol. The Morgan fingerprint density at radius 1 is 1.15 bits per heavy atom. The Morgan fingerprint density at radius 2 is 1.95 bits per heavy atom. The maximum atomic E-state index is 12.1. The Labute approximate surface area is 118 Å². The molecule has 4 nitrogen and oxygen atoms in total. The predicted octanol–water partition coefficient (Wildman–Crippen LogP) is 1.60. The quantitative estimate of drug-likeness (QED) is 0.920. The zero-order valence-corrected chi connectivity index (χ0v) is 11.5. The lowest BCUT2D eigenvalue weighted by Gasteiger charge is -2.27. The fourth-order valence-corrected chi connectivity index (χ4v) is 2.55. The number of nitrogens with zero attached hydrogens (tertiary/aromatic N) is 2. The van der Waals surface area contributed by atoms with Crippen molar-refractivity contribution < 1.29 is 4.79 Å². The molecule has 1 amide bonds. The largest absolute Gasteiger partial charge is 0.340 e. The van der Waals surface area contributed by atoms with Gasteiger partial charge >= 0.3 is 0 Å². The van der Waals surface area contributed by atoms with Crippen molar-refractivity contribution in [3.8, 4) is 0 Å². The SMILES string of the molecule is O=C(CCc1ccc2ccccc2n1)N1CCNCC1. The van der Waals surface area contributed by atoms with Crippen LogP contribution in [0.1, 0.15) is 12.1 Å². The van der Waals surface area contributed by atoms with Crippen LogP contribution in [0.15, 0.2) is 36.4 Å². The van der Waals surface area contributed by atoms with E-state index < -0.39 is 0 Å². The number of hydrogen-bond acceptors (Lipinski definition) is 3. The number of nitrogens with one attached hydrogen (secondary N) is 1. The Balaban J connectivity index is 1.62. The van der Waals surface area contributed by atoms with Crippen LogP contribution >= 0.6 is 0 Å². The van der Waals surface area contributed by atoms with Crippen molar-refractivity contribution >= 4 is 16.8 Å². The summed E-state index contributed by atoms with van der Waals surface area (Å²) < 4.78 is 0. The van der Waals surface area contributed by atoms with E-state index in [0.717, 1.165) is 42.8 Å². The highest BCUT2D eigenvalue weighted by atomic mass is 16.2. The van der Waals surface area contributed by atoms with Crippen LogP contribution in [-0.2, 0) is 11.2 Å². The summed E-state index contributed by atoms with van der Waals surface area (Å²) in [7, 11) is 0. The Morgan fingerprint density at radius 3 is 2.80 bits per heavy atom. The van der Waals surface area contributed by atoms with Gasteiger partial charge in [0.15, 0.2) is 0 Å². The van der Waals surface area contributed by atoms with Crippen LogP contribution in [0, 0.1) is 0 Å². The van der Waals surface area contributed by atoms with Crippen LogP contribution in [0.25, 0.3) is 10.9 Å². The number of aromatic nitrogens is 1. The molecule has 1 fully saturated rings. The molecule has 0 unspecified atom stereocenters. The fraction of sp³-hybridized carbons (Fsp3) is 0.375. The summed E-state index contributed by atoms with van der Waals surface area (Å²) in [5.41, 5.74) is 1.99. The second kappa shape index (κ2) is 6.01. The summed E-state index contributed by atoms with van der Waals surface area (Å²) in [5.74, 6) is 0.237. The molecule has 104 valence electrons. The molecule has 4 heteroatoms. The normalized spacial score (nSPS) is 15.5. The minimum Gasteiger partial charge on any atom is -0.340 e. The minimum atomic E-state index is 0.237. The van der Waals surface area contributed by atoms with Crippen LogP contribution in [0.4, 0.5) is 0 Å². The van der Waals surface area contributed by atoms with Gasteiger partial charge in [0, 0.05) is 43.7 Å². The first kappa shape index (κ1) is 13.1. The average molecular weight is 269 g/mol. The molecule has 0 radical (unpaired) electrons. The molecule has 0 spiro atoms. The molecule has 1 aliphatic rings. The molecule has 0 atom stereocenters. The zero-order valence-electron chi connectivity index (χ0n) is 11.5. The summed E-state index contributed by atoms with van der Waals surface area (Å²) in [6.07, 6.45) is 1.26. The summed E-state index contributed by atoms with van der Waals surface area (Å²) >= 11 is 0. The Kier molecular flexibility index (Phi) is 3.92. The van der Waals surface area contributed by atoms with Gasteiger partial charge in [-0.3, -0.25) is 9.78 Å². The monoisotopic (exact) mass is 269 g/mol. The highest BCUT2D eigenvalue weighted by Crippen LogP contribution is 2.13. The molecule has 0 saturated carbocycles. The maximum Gasteiger partial charge on any atom is 0.223 e. The molecule has 3 rings (SSSR count). The standard InChI is InChI=1S/C16H19N3O/c20-16(19-11-9-17-10-12-19)8-7-14-6-5-13-3-1-2-4-15(13)18-14/h1-6,17H,7-12H2. The van der Waals surface area contributed by atoms with Crippen molar-refractivity contribution in [3.63, 3.8) is 0 Å². The molecule has 1 saturated heterocycles. The van der Waals surface area contributed by atoms with Gasteiger partial charge in [0.05, 0.1) is 5.52 Å². The van der Waals surface area contributed by atoms with Crippen LogP contribution < -0.4 is 5.32 Å². The number of piperazine rings is 1. The molecule has 1 N–H and O–H groups in total. The van der Waals surface area contributed by atoms with E-state index in [4.69, 9.17) is 0 Å². The third-order valence-corrected chi connectivity index (χ3v) is 3.72. The highest BCUT2D eigenvalue weighted by Gasteiger charge is 2.15. The van der Waals surface area contributed by atoms with Gasteiger partial charge in [-0.25, -0.2) is 0 Å². The van der Waals surface area contributed by atoms with E-state index >= 15 is 0 Å². The Hall–Kier alpha value is -1.94. The summed E-state index contributed by atoms with van der Waals surface area (Å²) in [6.45, 7) is 3.45. The van der Waals surface area contributed by atoms with Crippen molar-refractivity contribution in [1.82, 2.24) is 15.2 Å². The third-order valence-electron chi connectivity index (χ3n) is 3.72. The number of hydrogen-bond donors (Lipinski definition) is 1. The van der Waals surface area contributed by atoms with E-state index in [0.29, 0.717) is 12.8 Å². The molecule has 20 heavy (non-hydrogen) atoms. The number of pyridine rings is 1. The number of carbonyl (C=O) groups is 1. The van der Waals surface area contributed by atoms with Gasteiger partial charge in [-0.15, -0.1) is 0 Å². The molecule has 2 heterocycles. The van der Waals surface area contributed by atoms with Crippen LogP contribution in [-0.4, -0.2) is 42.0 Å². The van der Waals surface area contributed by atoms with E-state index in [9.17, 15) is 4.79 Å². The van der Waals surface area contributed by atoms with Crippen LogP contribution in [0.2, 0.25) is 0 Å². The summed E-state index contributed by atoms with van der Waals surface area (Å²) in [6, 6.07) is 12.2. The van der Waals surface area contributed by atoms with Crippen molar-refractivity contribution in [2.24, 2.45) is 0 Å². The van der Waals surface area contributed by atoms with Gasteiger partial charge in [-0.1, -0.05) is 24.3 Å². The van der Waals surface area contributed by atoms with Crippen molar-refractivity contribution in [1.29, 1.82) is 0 Å². The number of carbonyl (C=O) groups excluding carboxylic acids is 1. The number of para-hydroxylation sites is 1. The second-order valence-corrected chi connectivity index (χ2v) is 5.13. The number of rotatable bonds is 3. The third kappa shape index (κ3) is 2.96. The lowest BCUT2D eigenvalue weighted by molar-refractivity contribution is -0.131. The Bertz CT molecular complexity index is 605. The van der Waals surface area contributed by atoms with Crippen molar-refractivity contribution in [3.05, 3.63) is 42.1 Å². The molecule has 1 aromatic heterocycles. The lowest BCUT2D eigenvalue weighted by atomic mass is 10.1. The van der Waals surface area contributed by atoms with Gasteiger partial charge < -0.3 is 10.2 Å².